The molecular weight excluding hydrogens is 432 g/mol. The summed E-state index contributed by atoms with van der Waals surface area (Å²) in [6.07, 6.45) is 19.6. The molecule has 1 atom stereocenters. The largest absolute Gasteiger partial charge is 0.0839 e. The number of benzene rings is 3. The van der Waals surface area contributed by atoms with Crippen molar-refractivity contribution in [3.8, 4) is 0 Å². The minimum Gasteiger partial charge on any atom is -0.0839 e. The van der Waals surface area contributed by atoms with Crippen LogP contribution in [0.3, 0.4) is 0 Å². The van der Waals surface area contributed by atoms with Gasteiger partial charge in [-0.15, -0.1) is 0 Å². The van der Waals surface area contributed by atoms with E-state index in [1.54, 1.807) is 0 Å². The maximum atomic E-state index is 3.55. The first-order valence-corrected chi connectivity index (χ1v) is 13.2. The highest BCUT2D eigenvalue weighted by Crippen LogP contribution is 2.45. The predicted molar refractivity (Wildman–Crippen MR) is 153 cm³/mol. The molecule has 0 saturated carbocycles. The van der Waals surface area contributed by atoms with Crippen molar-refractivity contribution in [2.45, 2.75) is 32.1 Å². The highest BCUT2D eigenvalue weighted by Gasteiger charge is 2.24. The molecule has 4 aromatic rings. The number of hydrogen-bond donors (Lipinski definition) is 0. The van der Waals surface area contributed by atoms with Gasteiger partial charge in [-0.1, -0.05) is 103 Å². The van der Waals surface area contributed by atoms with Crippen LogP contribution in [0.5, 0.6) is 0 Å². The fourth-order valence-corrected chi connectivity index (χ4v) is 6.36. The Balaban J connectivity index is 1.44. The van der Waals surface area contributed by atoms with Gasteiger partial charge in [0.05, 0.1) is 0 Å². The van der Waals surface area contributed by atoms with Gasteiger partial charge in [0, 0.05) is 10.9 Å². The third kappa shape index (κ3) is 3.55. The number of rotatable bonds is 3. The van der Waals surface area contributed by atoms with Crippen LogP contribution >= 0.6 is 0 Å². The van der Waals surface area contributed by atoms with Gasteiger partial charge in [-0.2, -0.15) is 0 Å². The molecule has 36 heavy (non-hydrogen) atoms. The highest BCUT2D eigenvalue weighted by atomic mass is 14.3. The van der Waals surface area contributed by atoms with E-state index in [0.717, 1.165) is 19.3 Å². The molecule has 3 aliphatic carbocycles. The van der Waals surface area contributed by atoms with Crippen LogP contribution < -0.4 is 0 Å². The molecular formula is C36H28. The summed E-state index contributed by atoms with van der Waals surface area (Å²) < 4.78 is 0. The van der Waals surface area contributed by atoms with Crippen molar-refractivity contribution in [1.82, 2.24) is 0 Å². The molecule has 0 spiro atoms. The van der Waals surface area contributed by atoms with E-state index in [-0.39, 0.29) is 0 Å². The molecule has 7 rings (SSSR count). The second kappa shape index (κ2) is 8.85. The van der Waals surface area contributed by atoms with Crippen LogP contribution in [0.4, 0.5) is 0 Å². The van der Waals surface area contributed by atoms with Gasteiger partial charge in [-0.3, -0.25) is 0 Å². The zero-order valence-electron chi connectivity index (χ0n) is 20.4. The van der Waals surface area contributed by atoms with Gasteiger partial charge >= 0.3 is 0 Å². The molecule has 3 aliphatic rings. The molecule has 0 fully saturated rings. The topological polar surface area (TPSA) is 0 Å². The van der Waals surface area contributed by atoms with Gasteiger partial charge in [0.15, 0.2) is 0 Å². The maximum Gasteiger partial charge on any atom is 0.0409 e. The van der Waals surface area contributed by atoms with Crippen molar-refractivity contribution < 1.29 is 0 Å². The summed E-state index contributed by atoms with van der Waals surface area (Å²) in [7, 11) is 0. The Labute approximate surface area is 213 Å². The molecule has 0 nitrogen and oxygen atoms in total. The lowest BCUT2D eigenvalue weighted by molar-refractivity contribution is 0.572. The Hall–Kier alpha value is -4.08. The summed E-state index contributed by atoms with van der Waals surface area (Å²) in [6.45, 7) is 0. The molecule has 172 valence electrons. The number of fused-ring (bicyclic) bond motifs is 3. The zero-order valence-corrected chi connectivity index (χ0v) is 20.4. The van der Waals surface area contributed by atoms with Crippen LogP contribution in [-0.4, -0.2) is 0 Å². The van der Waals surface area contributed by atoms with Crippen molar-refractivity contribution in [3.63, 3.8) is 0 Å². The quantitative estimate of drug-likeness (QED) is 0.285. The van der Waals surface area contributed by atoms with Crippen LogP contribution in [0.15, 0.2) is 109 Å². The third-order valence-electron chi connectivity index (χ3n) is 8.14. The smallest absolute Gasteiger partial charge is 0.0409 e. The second-order valence-electron chi connectivity index (χ2n) is 10.2. The van der Waals surface area contributed by atoms with E-state index in [1.165, 1.54) is 73.4 Å². The first-order chi connectivity index (χ1) is 17.9. The molecule has 0 bridgehead atoms. The molecule has 0 amide bonds. The Morgan fingerprint density at radius 2 is 1.44 bits per heavy atom. The van der Waals surface area contributed by atoms with Crippen molar-refractivity contribution in [2.24, 2.45) is 5.92 Å². The van der Waals surface area contributed by atoms with E-state index in [0.29, 0.717) is 5.92 Å². The average molecular weight is 461 g/mol. The van der Waals surface area contributed by atoms with Gasteiger partial charge in [-0.05, 0) is 99.7 Å². The van der Waals surface area contributed by atoms with Crippen LogP contribution in [0, 0.1) is 18.1 Å². The Morgan fingerprint density at radius 1 is 0.667 bits per heavy atom. The number of hydrogen-bond acceptors (Lipinski definition) is 0. The standard InChI is InChI=1S/C36H28/c1-2-10-25(11-3-1)27-18-21-28(22-19-27)35-31-14-6-8-16-33(31)36(34-17-9-7-15-32(34)35)30-23-20-26-12-4-5-13-29(26)24-30/h1-8,10-11,13-16,18,21,24,26H,12,19-20,22-23H2. The first-order valence-electron chi connectivity index (χ1n) is 13.2. The van der Waals surface area contributed by atoms with Crippen molar-refractivity contribution >= 4 is 38.3 Å². The van der Waals surface area contributed by atoms with E-state index in [1.807, 2.05) is 6.07 Å². The molecule has 0 radical (unpaired) electrons. The molecule has 0 aromatic heterocycles. The zero-order chi connectivity index (χ0) is 23.9. The van der Waals surface area contributed by atoms with Gasteiger partial charge < -0.3 is 0 Å². The van der Waals surface area contributed by atoms with E-state index in [4.69, 9.17) is 0 Å². The Bertz CT molecular complexity index is 1580. The summed E-state index contributed by atoms with van der Waals surface area (Å²) in [4.78, 5) is 0. The van der Waals surface area contributed by atoms with Crippen LogP contribution in [0.1, 0.15) is 48.8 Å². The summed E-state index contributed by atoms with van der Waals surface area (Å²) in [6, 6.07) is 30.9. The fourth-order valence-electron chi connectivity index (χ4n) is 6.36. The highest BCUT2D eigenvalue weighted by molar-refractivity contribution is 6.16. The third-order valence-corrected chi connectivity index (χ3v) is 8.14. The molecule has 0 aliphatic heterocycles. The van der Waals surface area contributed by atoms with Gasteiger partial charge in [0.25, 0.3) is 0 Å². The second-order valence-corrected chi connectivity index (χ2v) is 10.2. The molecule has 0 N–H and O–H groups in total. The van der Waals surface area contributed by atoms with Crippen LogP contribution in [0.2, 0.25) is 0 Å². The fraction of sp³-hybridized carbons (Fsp3) is 0.167. The minimum absolute atomic E-state index is 0.670. The summed E-state index contributed by atoms with van der Waals surface area (Å²) in [5.74, 6) is 0.670. The van der Waals surface area contributed by atoms with E-state index in [9.17, 15) is 0 Å². The Morgan fingerprint density at radius 3 is 2.28 bits per heavy atom. The summed E-state index contributed by atoms with van der Waals surface area (Å²) in [5, 5.41) is 5.20. The Kier molecular flexibility index (Phi) is 5.22. The summed E-state index contributed by atoms with van der Waals surface area (Å²) >= 11 is 0. The predicted octanol–water partition coefficient (Wildman–Crippen LogP) is 9.53. The first kappa shape index (κ1) is 21.2. The SMILES string of the molecule is c1ccc2c(C3=CC=C(c4ccccc4)CC3)c3ccccc3c(C3=CC4=CC=CCC4CC3)c2c#1. The normalized spacial score (nSPS) is 19.2. The summed E-state index contributed by atoms with van der Waals surface area (Å²) in [5.41, 5.74) is 9.81. The molecule has 1 unspecified atom stereocenters. The van der Waals surface area contributed by atoms with E-state index >= 15 is 0 Å². The molecule has 4 aromatic carbocycles. The lowest BCUT2D eigenvalue weighted by Gasteiger charge is -2.27. The van der Waals surface area contributed by atoms with Crippen molar-refractivity contribution in [2.75, 3.05) is 0 Å². The van der Waals surface area contributed by atoms with E-state index < -0.39 is 0 Å². The lowest BCUT2D eigenvalue weighted by atomic mass is 9.76. The monoisotopic (exact) mass is 460 g/mol. The van der Waals surface area contributed by atoms with Crippen molar-refractivity contribution in [3.05, 3.63) is 138 Å². The molecule has 0 saturated heterocycles. The van der Waals surface area contributed by atoms with Gasteiger partial charge in [0.2, 0.25) is 0 Å². The maximum absolute atomic E-state index is 3.55. The lowest BCUT2D eigenvalue weighted by Crippen LogP contribution is -2.10. The number of allylic oxidation sites excluding steroid dienone is 10. The van der Waals surface area contributed by atoms with E-state index in [2.05, 4.69) is 109 Å². The van der Waals surface area contributed by atoms with Crippen molar-refractivity contribution in [1.29, 1.82) is 0 Å². The van der Waals surface area contributed by atoms with Crippen LogP contribution in [-0.2, 0) is 0 Å². The van der Waals surface area contributed by atoms with Crippen LogP contribution in [0.25, 0.3) is 38.3 Å². The average Bonchev–Trinajstić information content (AvgIpc) is 2.96. The minimum atomic E-state index is 0.670. The molecule has 0 heteroatoms. The van der Waals surface area contributed by atoms with Gasteiger partial charge in [0.1, 0.15) is 0 Å². The molecule has 0 heterocycles. The van der Waals surface area contributed by atoms with Gasteiger partial charge in [-0.25, -0.2) is 0 Å².